The molecule has 55 heavy (non-hydrogen) atoms. The summed E-state index contributed by atoms with van der Waals surface area (Å²) in [6.45, 7) is 14.0. The van der Waals surface area contributed by atoms with Crippen LogP contribution in [0.4, 0.5) is 0 Å². The summed E-state index contributed by atoms with van der Waals surface area (Å²) >= 11 is 0. The lowest BCUT2D eigenvalue weighted by molar-refractivity contribution is 0.934. The Balaban J connectivity index is 1.08. The van der Waals surface area contributed by atoms with Crippen LogP contribution in [0, 0.1) is 41.5 Å². The molecule has 272 valence electrons. The maximum atomic E-state index is 2.51. The molecule has 3 aliphatic carbocycles. The summed E-state index contributed by atoms with van der Waals surface area (Å²) in [5.41, 5.74) is 30.0. The summed E-state index contributed by atoms with van der Waals surface area (Å²) < 4.78 is 0. The standard InChI is InChI=1S/C55H52/c1-34-19-49(20-35(2)52(34)31-40-25-43-13-7-8-14-44(43)26-40)55(50-21-36(3)53(37(4)22-50)32-41-27-45-15-9-10-16-46(45)28-41)51-23-38(5)54(39(6)24-51)33-42-29-47-17-11-12-18-48(47)30-42/h7-25,27,29,55H,26,28,30-33H2,1-6H3. The van der Waals surface area contributed by atoms with Crippen LogP contribution in [0.1, 0.15) is 106 Å². The first-order valence-electron chi connectivity index (χ1n) is 20.3. The lowest BCUT2D eigenvalue weighted by Crippen LogP contribution is -2.10. The topological polar surface area (TPSA) is 0 Å². The molecular formula is C55H52. The number of hydrogen-bond acceptors (Lipinski definition) is 0. The van der Waals surface area contributed by atoms with Gasteiger partial charge in [0, 0.05) is 5.92 Å². The predicted octanol–water partition coefficient (Wildman–Crippen LogP) is 13.3. The lowest BCUT2D eigenvalue weighted by atomic mass is 9.78. The number of hydrogen-bond donors (Lipinski definition) is 0. The number of rotatable bonds is 9. The fraction of sp³-hybridized carbons (Fsp3) is 0.236. The molecule has 3 aliphatic rings. The van der Waals surface area contributed by atoms with Gasteiger partial charge in [-0.3, -0.25) is 0 Å². The summed E-state index contributed by atoms with van der Waals surface area (Å²) in [5.74, 6) is 0.143. The Morgan fingerprint density at radius 1 is 0.364 bits per heavy atom. The van der Waals surface area contributed by atoms with Crippen LogP contribution in [0.15, 0.2) is 126 Å². The summed E-state index contributed by atoms with van der Waals surface area (Å²) in [4.78, 5) is 0. The van der Waals surface area contributed by atoms with Crippen molar-refractivity contribution in [1.82, 2.24) is 0 Å². The normalized spacial score (nSPS) is 14.1. The SMILES string of the molecule is Cc1cc(C(c2cc(C)c(CC3=Cc4ccccc4C3)c(C)c2)c2cc(C)c(CC3=Cc4ccccc4C3)c(C)c2)cc(C)c1CC1=Cc2ccccc2C1. The second-order valence-electron chi connectivity index (χ2n) is 16.9. The van der Waals surface area contributed by atoms with Gasteiger partial charge in [0.15, 0.2) is 0 Å². The molecule has 0 saturated heterocycles. The van der Waals surface area contributed by atoms with Gasteiger partial charge in [-0.05, 0) is 180 Å². The van der Waals surface area contributed by atoms with Crippen molar-refractivity contribution in [3.05, 3.63) is 226 Å². The predicted molar refractivity (Wildman–Crippen MR) is 234 cm³/mol. The van der Waals surface area contributed by atoms with Crippen molar-refractivity contribution in [2.24, 2.45) is 0 Å². The Kier molecular flexibility index (Phi) is 9.18. The second-order valence-corrected chi connectivity index (χ2v) is 16.9. The highest BCUT2D eigenvalue weighted by Crippen LogP contribution is 2.40. The highest BCUT2D eigenvalue weighted by Gasteiger charge is 2.24. The van der Waals surface area contributed by atoms with Crippen LogP contribution in [-0.2, 0) is 38.5 Å². The van der Waals surface area contributed by atoms with Crippen molar-refractivity contribution < 1.29 is 0 Å². The zero-order valence-electron chi connectivity index (χ0n) is 33.4. The first-order chi connectivity index (χ1) is 26.7. The van der Waals surface area contributed by atoms with Crippen LogP contribution in [0.25, 0.3) is 18.2 Å². The summed E-state index contributed by atoms with van der Waals surface area (Å²) in [5, 5.41) is 0. The molecule has 0 heterocycles. The Morgan fingerprint density at radius 2 is 0.618 bits per heavy atom. The number of fused-ring (bicyclic) bond motifs is 3. The van der Waals surface area contributed by atoms with Crippen LogP contribution in [0.2, 0.25) is 0 Å². The summed E-state index contributed by atoms with van der Waals surface area (Å²) in [6, 6.07) is 41.7. The fourth-order valence-electron chi connectivity index (χ4n) is 10.1. The van der Waals surface area contributed by atoms with Gasteiger partial charge in [-0.25, -0.2) is 0 Å². The highest BCUT2D eigenvalue weighted by atomic mass is 14.3. The van der Waals surface area contributed by atoms with E-state index in [1.165, 1.54) is 117 Å². The Morgan fingerprint density at radius 3 is 0.873 bits per heavy atom. The molecule has 0 aromatic heterocycles. The van der Waals surface area contributed by atoms with E-state index in [0.717, 1.165) is 38.5 Å². The average Bonchev–Trinajstić information content (AvgIpc) is 3.89. The highest BCUT2D eigenvalue weighted by molar-refractivity contribution is 5.67. The molecule has 6 aromatic rings. The number of benzene rings is 6. The molecule has 9 rings (SSSR count). The van der Waals surface area contributed by atoms with Crippen molar-refractivity contribution >= 4 is 18.2 Å². The molecule has 0 saturated carbocycles. The zero-order valence-corrected chi connectivity index (χ0v) is 33.4. The quantitative estimate of drug-likeness (QED) is 0.131. The van der Waals surface area contributed by atoms with E-state index in [1.54, 1.807) is 0 Å². The monoisotopic (exact) mass is 712 g/mol. The molecule has 0 atom stereocenters. The van der Waals surface area contributed by atoms with E-state index < -0.39 is 0 Å². The molecule has 0 spiro atoms. The maximum Gasteiger partial charge on any atom is 0.0340 e. The van der Waals surface area contributed by atoms with Gasteiger partial charge < -0.3 is 0 Å². The molecule has 0 aliphatic heterocycles. The van der Waals surface area contributed by atoms with E-state index in [9.17, 15) is 0 Å². The molecule has 6 aromatic carbocycles. The third-order valence-electron chi connectivity index (χ3n) is 12.9. The third kappa shape index (κ3) is 6.89. The van der Waals surface area contributed by atoms with Crippen molar-refractivity contribution in [3.63, 3.8) is 0 Å². The van der Waals surface area contributed by atoms with Gasteiger partial charge in [-0.1, -0.05) is 144 Å². The van der Waals surface area contributed by atoms with Gasteiger partial charge in [0.05, 0.1) is 0 Å². The smallest absolute Gasteiger partial charge is 0.0340 e. The van der Waals surface area contributed by atoms with E-state index in [2.05, 4.69) is 169 Å². The van der Waals surface area contributed by atoms with E-state index in [0.29, 0.717) is 0 Å². The lowest BCUT2D eigenvalue weighted by Gasteiger charge is -2.25. The van der Waals surface area contributed by atoms with Crippen LogP contribution < -0.4 is 0 Å². The molecule has 0 heteroatoms. The average molecular weight is 713 g/mol. The van der Waals surface area contributed by atoms with Crippen LogP contribution >= 0.6 is 0 Å². The van der Waals surface area contributed by atoms with E-state index >= 15 is 0 Å². The molecule has 0 nitrogen and oxygen atoms in total. The van der Waals surface area contributed by atoms with Crippen molar-refractivity contribution in [2.45, 2.75) is 86.0 Å². The molecule has 0 fully saturated rings. The fourth-order valence-corrected chi connectivity index (χ4v) is 10.1. The maximum absolute atomic E-state index is 2.51. The summed E-state index contributed by atoms with van der Waals surface area (Å²) in [7, 11) is 0. The molecular weight excluding hydrogens is 661 g/mol. The zero-order chi connectivity index (χ0) is 37.8. The van der Waals surface area contributed by atoms with Gasteiger partial charge in [0.2, 0.25) is 0 Å². The third-order valence-corrected chi connectivity index (χ3v) is 12.9. The minimum absolute atomic E-state index is 0.143. The van der Waals surface area contributed by atoms with Gasteiger partial charge in [-0.15, -0.1) is 0 Å². The first-order valence-corrected chi connectivity index (χ1v) is 20.3. The first kappa shape index (κ1) is 35.3. The Hall–Kier alpha value is -5.46. The van der Waals surface area contributed by atoms with Gasteiger partial charge in [0.1, 0.15) is 0 Å². The molecule has 0 amide bonds. The van der Waals surface area contributed by atoms with Gasteiger partial charge in [-0.2, -0.15) is 0 Å². The minimum atomic E-state index is 0.143. The number of aryl methyl sites for hydroxylation is 6. The Labute approximate surface area is 329 Å². The molecule has 0 bridgehead atoms. The summed E-state index contributed by atoms with van der Waals surface area (Å²) in [6.07, 6.45) is 13.5. The van der Waals surface area contributed by atoms with Crippen LogP contribution in [-0.4, -0.2) is 0 Å². The Bertz CT molecular complexity index is 2240. The minimum Gasteiger partial charge on any atom is -0.0619 e. The van der Waals surface area contributed by atoms with Crippen LogP contribution in [0.5, 0.6) is 0 Å². The van der Waals surface area contributed by atoms with Gasteiger partial charge in [0.25, 0.3) is 0 Å². The molecule has 0 N–H and O–H groups in total. The van der Waals surface area contributed by atoms with Crippen molar-refractivity contribution in [2.75, 3.05) is 0 Å². The number of allylic oxidation sites excluding steroid dienone is 3. The second kappa shape index (κ2) is 14.3. The molecule has 0 radical (unpaired) electrons. The van der Waals surface area contributed by atoms with E-state index in [4.69, 9.17) is 0 Å². The molecule has 0 unspecified atom stereocenters. The van der Waals surface area contributed by atoms with Gasteiger partial charge >= 0.3 is 0 Å². The van der Waals surface area contributed by atoms with Crippen molar-refractivity contribution in [3.8, 4) is 0 Å². The van der Waals surface area contributed by atoms with E-state index in [1.807, 2.05) is 0 Å². The van der Waals surface area contributed by atoms with E-state index in [-0.39, 0.29) is 5.92 Å². The largest absolute Gasteiger partial charge is 0.0619 e. The van der Waals surface area contributed by atoms with Crippen molar-refractivity contribution in [1.29, 1.82) is 0 Å². The van der Waals surface area contributed by atoms with Crippen LogP contribution in [0.3, 0.4) is 0 Å².